The zero-order valence-electron chi connectivity index (χ0n) is 11.2. The van der Waals surface area contributed by atoms with Crippen molar-refractivity contribution >= 4 is 23.0 Å². The van der Waals surface area contributed by atoms with Gasteiger partial charge in [-0.1, -0.05) is 24.6 Å². The van der Waals surface area contributed by atoms with E-state index < -0.39 is 0 Å². The maximum Gasteiger partial charge on any atom is 0.173 e. The van der Waals surface area contributed by atoms with Crippen molar-refractivity contribution in [2.75, 3.05) is 31.5 Å². The number of piperidine rings is 1. The van der Waals surface area contributed by atoms with Crippen molar-refractivity contribution in [1.82, 2.24) is 9.80 Å². The number of fused-ring (bicyclic) bond motifs is 1. The van der Waals surface area contributed by atoms with Crippen LogP contribution in [0.1, 0.15) is 19.3 Å². The van der Waals surface area contributed by atoms with E-state index in [1.54, 1.807) is 0 Å². The molecule has 1 aromatic carbocycles. The summed E-state index contributed by atoms with van der Waals surface area (Å²) in [5, 5.41) is 4.22. The molecule has 0 aliphatic carbocycles. The lowest BCUT2D eigenvalue weighted by Gasteiger charge is -2.44. The molecular formula is C15H21N3S. The zero-order valence-corrected chi connectivity index (χ0v) is 12.0. The summed E-state index contributed by atoms with van der Waals surface area (Å²) in [6.45, 7) is 4.56. The van der Waals surface area contributed by atoms with Crippen molar-refractivity contribution in [1.29, 1.82) is 0 Å². The first-order valence-electron chi connectivity index (χ1n) is 7.18. The number of nitrogens with one attached hydrogen (secondary N) is 1. The standard InChI is InChI=1S/C15H21N3S/c19-15(16-13-6-2-1-3-7-13)18-11-10-17-9-5-4-8-14(17)12-18/h1-3,6-7,14H,4-5,8-12H2,(H,16,19)/t14-/m0/s1. The minimum atomic E-state index is 0.707. The molecule has 0 unspecified atom stereocenters. The topological polar surface area (TPSA) is 18.5 Å². The largest absolute Gasteiger partial charge is 0.346 e. The van der Waals surface area contributed by atoms with Crippen molar-refractivity contribution in [3.8, 4) is 0 Å². The Bertz CT molecular complexity index is 434. The Morgan fingerprint density at radius 3 is 2.79 bits per heavy atom. The van der Waals surface area contributed by atoms with E-state index in [0.717, 1.165) is 30.4 Å². The quantitative estimate of drug-likeness (QED) is 0.794. The summed E-state index contributed by atoms with van der Waals surface area (Å²) in [5.41, 5.74) is 1.08. The SMILES string of the molecule is S=C(Nc1ccccc1)N1CCN2CCCC[C@H]2C1. The third-order valence-electron chi connectivity index (χ3n) is 4.15. The molecule has 3 rings (SSSR count). The highest BCUT2D eigenvalue weighted by molar-refractivity contribution is 7.80. The molecule has 0 aromatic heterocycles. The van der Waals surface area contributed by atoms with Gasteiger partial charge in [-0.05, 0) is 43.7 Å². The van der Waals surface area contributed by atoms with Crippen molar-refractivity contribution in [3.05, 3.63) is 30.3 Å². The number of hydrogen-bond acceptors (Lipinski definition) is 2. The van der Waals surface area contributed by atoms with E-state index in [4.69, 9.17) is 12.2 Å². The average molecular weight is 275 g/mol. The Morgan fingerprint density at radius 1 is 1.11 bits per heavy atom. The highest BCUT2D eigenvalue weighted by atomic mass is 32.1. The third-order valence-corrected chi connectivity index (χ3v) is 4.51. The van der Waals surface area contributed by atoms with Gasteiger partial charge in [-0.3, -0.25) is 4.90 Å². The van der Waals surface area contributed by atoms with Gasteiger partial charge in [0.2, 0.25) is 0 Å². The van der Waals surface area contributed by atoms with E-state index in [1.807, 2.05) is 18.2 Å². The molecule has 1 N–H and O–H groups in total. The average Bonchev–Trinajstić information content (AvgIpc) is 2.48. The van der Waals surface area contributed by atoms with Crippen LogP contribution in [0.4, 0.5) is 5.69 Å². The van der Waals surface area contributed by atoms with Gasteiger partial charge in [0.25, 0.3) is 0 Å². The van der Waals surface area contributed by atoms with Crippen LogP contribution in [0.5, 0.6) is 0 Å². The molecule has 0 amide bonds. The van der Waals surface area contributed by atoms with E-state index in [-0.39, 0.29) is 0 Å². The van der Waals surface area contributed by atoms with Crippen LogP contribution in [0.25, 0.3) is 0 Å². The second kappa shape index (κ2) is 5.88. The second-order valence-corrected chi connectivity index (χ2v) is 5.81. The van der Waals surface area contributed by atoms with E-state index in [0.29, 0.717) is 6.04 Å². The molecule has 0 spiro atoms. The first-order valence-corrected chi connectivity index (χ1v) is 7.59. The number of piperazine rings is 1. The molecule has 0 saturated carbocycles. The molecule has 19 heavy (non-hydrogen) atoms. The number of hydrogen-bond donors (Lipinski definition) is 1. The smallest absolute Gasteiger partial charge is 0.173 e. The number of thiocarbonyl (C=S) groups is 1. The molecule has 2 aliphatic rings. The van der Waals surface area contributed by atoms with Crippen LogP contribution in [0.15, 0.2) is 30.3 Å². The van der Waals surface area contributed by atoms with Gasteiger partial charge in [-0.2, -0.15) is 0 Å². The fourth-order valence-corrected chi connectivity index (χ4v) is 3.35. The number of nitrogens with zero attached hydrogens (tertiary/aromatic N) is 2. The predicted molar refractivity (Wildman–Crippen MR) is 83.4 cm³/mol. The van der Waals surface area contributed by atoms with Crippen molar-refractivity contribution in [2.45, 2.75) is 25.3 Å². The van der Waals surface area contributed by atoms with Crippen LogP contribution < -0.4 is 5.32 Å². The molecule has 1 aromatic rings. The van der Waals surface area contributed by atoms with Crippen LogP contribution in [0.3, 0.4) is 0 Å². The van der Waals surface area contributed by atoms with Gasteiger partial charge in [-0.25, -0.2) is 0 Å². The van der Waals surface area contributed by atoms with Crippen LogP contribution in [0.2, 0.25) is 0 Å². The van der Waals surface area contributed by atoms with E-state index in [1.165, 1.54) is 25.8 Å². The lowest BCUT2D eigenvalue weighted by atomic mass is 10.00. The maximum atomic E-state index is 5.55. The van der Waals surface area contributed by atoms with Gasteiger partial charge in [0.1, 0.15) is 0 Å². The summed E-state index contributed by atoms with van der Waals surface area (Å²) in [5.74, 6) is 0. The van der Waals surface area contributed by atoms with Crippen LogP contribution in [-0.2, 0) is 0 Å². The van der Waals surface area contributed by atoms with E-state index in [9.17, 15) is 0 Å². The summed E-state index contributed by atoms with van der Waals surface area (Å²) < 4.78 is 0. The van der Waals surface area contributed by atoms with Gasteiger partial charge in [-0.15, -0.1) is 0 Å². The molecule has 0 bridgehead atoms. The Balaban J connectivity index is 1.59. The molecule has 4 heteroatoms. The number of rotatable bonds is 1. The van der Waals surface area contributed by atoms with Crippen molar-refractivity contribution in [2.24, 2.45) is 0 Å². The second-order valence-electron chi connectivity index (χ2n) is 5.43. The molecular weight excluding hydrogens is 254 g/mol. The summed E-state index contributed by atoms with van der Waals surface area (Å²) in [4.78, 5) is 4.96. The fraction of sp³-hybridized carbons (Fsp3) is 0.533. The van der Waals surface area contributed by atoms with Crippen molar-refractivity contribution < 1.29 is 0 Å². The zero-order chi connectivity index (χ0) is 13.1. The Morgan fingerprint density at radius 2 is 1.95 bits per heavy atom. The first-order chi connectivity index (χ1) is 9.33. The summed E-state index contributed by atoms with van der Waals surface area (Å²) in [6, 6.07) is 10.9. The van der Waals surface area contributed by atoms with Crippen LogP contribution in [0, 0.1) is 0 Å². The summed E-state index contributed by atoms with van der Waals surface area (Å²) in [7, 11) is 0. The van der Waals surface area contributed by atoms with Gasteiger partial charge < -0.3 is 10.2 Å². The lowest BCUT2D eigenvalue weighted by molar-refractivity contribution is 0.0812. The third kappa shape index (κ3) is 3.07. The molecule has 2 saturated heterocycles. The van der Waals surface area contributed by atoms with E-state index in [2.05, 4.69) is 27.2 Å². The summed E-state index contributed by atoms with van der Waals surface area (Å²) in [6.07, 6.45) is 4.06. The highest BCUT2D eigenvalue weighted by Crippen LogP contribution is 2.21. The molecule has 2 heterocycles. The van der Waals surface area contributed by atoms with Crippen LogP contribution in [-0.4, -0.2) is 47.1 Å². The summed E-state index contributed by atoms with van der Waals surface area (Å²) >= 11 is 5.55. The normalized spacial score (nSPS) is 23.8. The molecule has 2 aliphatic heterocycles. The maximum absolute atomic E-state index is 5.55. The van der Waals surface area contributed by atoms with Crippen LogP contribution >= 0.6 is 12.2 Å². The molecule has 102 valence electrons. The molecule has 1 atom stereocenters. The monoisotopic (exact) mass is 275 g/mol. The number of benzene rings is 1. The fourth-order valence-electron chi connectivity index (χ4n) is 3.06. The minimum Gasteiger partial charge on any atom is -0.346 e. The molecule has 3 nitrogen and oxygen atoms in total. The van der Waals surface area contributed by atoms with Gasteiger partial charge in [0.15, 0.2) is 5.11 Å². The Kier molecular flexibility index (Phi) is 3.99. The van der Waals surface area contributed by atoms with Crippen molar-refractivity contribution in [3.63, 3.8) is 0 Å². The highest BCUT2D eigenvalue weighted by Gasteiger charge is 2.29. The lowest BCUT2D eigenvalue weighted by Crippen LogP contribution is -2.56. The predicted octanol–water partition coefficient (Wildman–Crippen LogP) is 2.55. The van der Waals surface area contributed by atoms with Gasteiger partial charge >= 0.3 is 0 Å². The van der Waals surface area contributed by atoms with Gasteiger partial charge in [0.05, 0.1) is 0 Å². The molecule has 0 radical (unpaired) electrons. The van der Waals surface area contributed by atoms with Gasteiger partial charge in [0, 0.05) is 31.4 Å². The number of para-hydroxylation sites is 1. The van der Waals surface area contributed by atoms with E-state index >= 15 is 0 Å². The first kappa shape index (κ1) is 12.9. The molecule has 2 fully saturated rings. The number of anilines is 1. The Hall–Kier alpha value is -1.13. The Labute approximate surface area is 120 Å². The minimum absolute atomic E-state index is 0.707.